The van der Waals surface area contributed by atoms with Crippen molar-refractivity contribution in [3.63, 3.8) is 0 Å². The summed E-state index contributed by atoms with van der Waals surface area (Å²) in [6.45, 7) is 7.42. The Balaban J connectivity index is 1.87. The maximum Gasteiger partial charge on any atom is 0.204 e. The number of anilines is 2. The van der Waals surface area contributed by atoms with Gasteiger partial charge in [-0.3, -0.25) is 5.43 Å². The van der Waals surface area contributed by atoms with E-state index in [0.29, 0.717) is 6.04 Å². The fourth-order valence-corrected chi connectivity index (χ4v) is 3.62. The number of piperidine rings is 1. The second-order valence-corrected chi connectivity index (χ2v) is 6.91. The van der Waals surface area contributed by atoms with Crippen molar-refractivity contribution in [1.29, 1.82) is 0 Å². The lowest BCUT2D eigenvalue weighted by Gasteiger charge is -2.35. The third-order valence-electron chi connectivity index (χ3n) is 3.88. The molecule has 0 radical (unpaired) electrons. The van der Waals surface area contributed by atoms with E-state index < -0.39 is 0 Å². The lowest BCUT2D eigenvalue weighted by Crippen LogP contribution is -2.37. The summed E-state index contributed by atoms with van der Waals surface area (Å²) in [7, 11) is 0. The summed E-state index contributed by atoms with van der Waals surface area (Å²) in [6.07, 6.45) is 3.93. The quantitative estimate of drug-likeness (QED) is 0.671. The molecule has 0 amide bonds. The number of aromatic nitrogens is 1. The van der Waals surface area contributed by atoms with Crippen molar-refractivity contribution in [3.05, 3.63) is 18.2 Å². The van der Waals surface area contributed by atoms with E-state index >= 15 is 0 Å². The fraction of sp³-hybridized carbons (Fsp3) is 0.500. The normalized spacial score (nSPS) is 18.8. The molecule has 4 nitrogen and oxygen atoms in total. The third kappa shape index (κ3) is 3.18. The van der Waals surface area contributed by atoms with Crippen LogP contribution in [0.5, 0.6) is 0 Å². The molecule has 2 heterocycles. The van der Waals surface area contributed by atoms with Crippen molar-refractivity contribution in [2.24, 2.45) is 5.10 Å². The number of rotatable bonds is 3. The molecule has 1 saturated heterocycles. The summed E-state index contributed by atoms with van der Waals surface area (Å²) in [4.78, 5) is 7.09. The van der Waals surface area contributed by atoms with Gasteiger partial charge >= 0.3 is 0 Å². The maximum absolute atomic E-state index is 4.57. The van der Waals surface area contributed by atoms with Crippen LogP contribution in [-0.2, 0) is 0 Å². The number of hydrazone groups is 1. The Morgan fingerprint density at radius 2 is 2.24 bits per heavy atom. The summed E-state index contributed by atoms with van der Waals surface area (Å²) in [5.41, 5.74) is 6.38. The van der Waals surface area contributed by atoms with Crippen LogP contribution in [0.2, 0.25) is 0 Å². The summed E-state index contributed by atoms with van der Waals surface area (Å²) >= 11 is 1.66. The molecule has 2 aromatic rings. The zero-order valence-corrected chi connectivity index (χ0v) is 13.7. The van der Waals surface area contributed by atoms with Gasteiger partial charge in [0.1, 0.15) is 0 Å². The topological polar surface area (TPSA) is 40.5 Å². The lowest BCUT2D eigenvalue weighted by molar-refractivity contribution is 0.485. The molecule has 0 saturated carbocycles. The second-order valence-electron chi connectivity index (χ2n) is 5.88. The number of hydrogen-bond donors (Lipinski definition) is 1. The van der Waals surface area contributed by atoms with Gasteiger partial charge in [-0.1, -0.05) is 11.3 Å². The molecule has 1 fully saturated rings. The van der Waals surface area contributed by atoms with E-state index in [1.807, 2.05) is 13.8 Å². The summed E-state index contributed by atoms with van der Waals surface area (Å²) in [6, 6.07) is 7.22. The van der Waals surface area contributed by atoms with E-state index in [4.69, 9.17) is 0 Å². The van der Waals surface area contributed by atoms with Crippen LogP contribution in [0, 0.1) is 0 Å². The van der Waals surface area contributed by atoms with Crippen molar-refractivity contribution in [3.8, 4) is 0 Å². The highest BCUT2D eigenvalue weighted by Gasteiger charge is 2.19. The van der Waals surface area contributed by atoms with Crippen LogP contribution in [0.25, 0.3) is 10.2 Å². The molecule has 1 aromatic carbocycles. The highest BCUT2D eigenvalue weighted by Crippen LogP contribution is 2.32. The predicted molar refractivity (Wildman–Crippen MR) is 92.7 cm³/mol. The standard InChI is InChI=1S/C16H22N4S/c1-11(2)18-19-16-17-14-8-7-13(10-15(14)21-16)20-9-5-4-6-12(20)3/h7-8,10,12H,4-6,9H2,1-3H3,(H,17,19)/t12-/m0/s1. The van der Waals surface area contributed by atoms with E-state index in [1.165, 1.54) is 29.6 Å². The van der Waals surface area contributed by atoms with Gasteiger partial charge in [0.05, 0.1) is 10.2 Å². The molecule has 1 N–H and O–H groups in total. The van der Waals surface area contributed by atoms with Crippen LogP contribution in [0.3, 0.4) is 0 Å². The molecule has 5 heteroatoms. The zero-order chi connectivity index (χ0) is 14.8. The van der Waals surface area contributed by atoms with Gasteiger partial charge in [0.15, 0.2) is 0 Å². The summed E-state index contributed by atoms with van der Waals surface area (Å²) in [5, 5.41) is 5.08. The average Bonchev–Trinajstić information content (AvgIpc) is 2.87. The van der Waals surface area contributed by atoms with Crippen LogP contribution < -0.4 is 10.3 Å². The van der Waals surface area contributed by atoms with Crippen molar-refractivity contribution < 1.29 is 0 Å². The van der Waals surface area contributed by atoms with Gasteiger partial charge in [0.25, 0.3) is 0 Å². The number of nitrogens with zero attached hydrogens (tertiary/aromatic N) is 3. The fourth-order valence-electron chi connectivity index (χ4n) is 2.78. The lowest BCUT2D eigenvalue weighted by atomic mass is 10.0. The zero-order valence-electron chi connectivity index (χ0n) is 12.9. The van der Waals surface area contributed by atoms with Gasteiger partial charge in [0, 0.05) is 24.0 Å². The number of benzene rings is 1. The van der Waals surface area contributed by atoms with Crippen molar-refractivity contribution >= 4 is 38.1 Å². The van der Waals surface area contributed by atoms with E-state index in [1.54, 1.807) is 11.3 Å². The number of hydrogen-bond acceptors (Lipinski definition) is 5. The monoisotopic (exact) mass is 302 g/mol. The molecule has 0 aliphatic carbocycles. The van der Waals surface area contributed by atoms with Crippen LogP contribution in [0.4, 0.5) is 10.8 Å². The van der Waals surface area contributed by atoms with Crippen LogP contribution in [-0.4, -0.2) is 23.3 Å². The Hall–Kier alpha value is -1.62. The molecule has 1 aromatic heterocycles. The molecule has 1 aliphatic rings. The molecule has 1 aliphatic heterocycles. The molecule has 21 heavy (non-hydrogen) atoms. The molecule has 3 rings (SSSR count). The smallest absolute Gasteiger partial charge is 0.204 e. The SMILES string of the molecule is CC(C)=NNc1nc2ccc(N3CCCC[C@@H]3C)cc2s1. The first-order valence-corrected chi connectivity index (χ1v) is 8.39. The van der Waals surface area contributed by atoms with Crippen molar-refractivity contribution in [2.75, 3.05) is 16.9 Å². The number of nitrogens with one attached hydrogen (secondary N) is 1. The Kier molecular flexibility index (Phi) is 4.10. The van der Waals surface area contributed by atoms with Crippen LogP contribution in [0.1, 0.15) is 40.0 Å². The van der Waals surface area contributed by atoms with Gasteiger partial charge in [-0.2, -0.15) is 5.10 Å². The highest BCUT2D eigenvalue weighted by molar-refractivity contribution is 7.22. The Morgan fingerprint density at radius 3 is 3.00 bits per heavy atom. The minimum atomic E-state index is 0.633. The molecular weight excluding hydrogens is 280 g/mol. The first-order chi connectivity index (χ1) is 10.1. The summed E-state index contributed by atoms with van der Waals surface area (Å²) in [5.74, 6) is 0. The Bertz CT molecular complexity index is 657. The van der Waals surface area contributed by atoms with E-state index in [0.717, 1.165) is 22.9 Å². The van der Waals surface area contributed by atoms with Crippen molar-refractivity contribution in [1.82, 2.24) is 4.98 Å². The molecule has 1 atom stereocenters. The molecule has 112 valence electrons. The average molecular weight is 302 g/mol. The summed E-state index contributed by atoms with van der Waals surface area (Å²) < 4.78 is 1.22. The molecule has 0 spiro atoms. The molecule has 0 unspecified atom stereocenters. The minimum absolute atomic E-state index is 0.633. The molecule has 0 bridgehead atoms. The van der Waals surface area contributed by atoms with Gasteiger partial charge in [-0.05, 0) is 58.2 Å². The van der Waals surface area contributed by atoms with Crippen molar-refractivity contribution in [2.45, 2.75) is 46.1 Å². The minimum Gasteiger partial charge on any atom is -0.369 e. The second kappa shape index (κ2) is 6.02. The number of fused-ring (bicyclic) bond motifs is 1. The largest absolute Gasteiger partial charge is 0.369 e. The highest BCUT2D eigenvalue weighted by atomic mass is 32.1. The number of thiazole rings is 1. The molecular formula is C16H22N4S. The van der Waals surface area contributed by atoms with E-state index in [9.17, 15) is 0 Å². The van der Waals surface area contributed by atoms with Gasteiger partial charge in [0.2, 0.25) is 5.13 Å². The van der Waals surface area contributed by atoms with Crippen LogP contribution >= 0.6 is 11.3 Å². The first kappa shape index (κ1) is 14.3. The first-order valence-electron chi connectivity index (χ1n) is 7.57. The van der Waals surface area contributed by atoms with E-state index in [-0.39, 0.29) is 0 Å². The van der Waals surface area contributed by atoms with Gasteiger partial charge < -0.3 is 4.90 Å². The van der Waals surface area contributed by atoms with Crippen LogP contribution in [0.15, 0.2) is 23.3 Å². The Morgan fingerprint density at radius 1 is 1.38 bits per heavy atom. The van der Waals surface area contributed by atoms with E-state index in [2.05, 4.69) is 45.5 Å². The van der Waals surface area contributed by atoms with Gasteiger partial charge in [-0.25, -0.2) is 4.98 Å². The van der Waals surface area contributed by atoms with Gasteiger partial charge in [-0.15, -0.1) is 0 Å². The predicted octanol–water partition coefficient (Wildman–Crippen LogP) is 4.48. The Labute approximate surface area is 129 Å². The third-order valence-corrected chi connectivity index (χ3v) is 4.80. The maximum atomic E-state index is 4.57.